The second-order valence-corrected chi connectivity index (χ2v) is 9.80. The van der Waals surface area contributed by atoms with Crippen LogP contribution in [-0.2, 0) is 10.0 Å². The maximum atomic E-state index is 12.8. The third-order valence-corrected chi connectivity index (χ3v) is 8.36. The number of piperazine rings is 1. The van der Waals surface area contributed by atoms with Crippen LogP contribution in [0, 0.1) is 6.92 Å². The van der Waals surface area contributed by atoms with E-state index < -0.39 is 10.0 Å². The highest BCUT2D eigenvalue weighted by atomic mass is 32.2. The van der Waals surface area contributed by atoms with Crippen molar-refractivity contribution in [2.75, 3.05) is 26.2 Å². The minimum Gasteiger partial charge on any atom is -0.336 e. The van der Waals surface area contributed by atoms with E-state index in [1.807, 2.05) is 36.4 Å². The maximum Gasteiger partial charge on any atom is 0.305 e. The van der Waals surface area contributed by atoms with E-state index in [0.717, 1.165) is 10.8 Å². The van der Waals surface area contributed by atoms with Gasteiger partial charge in [0.15, 0.2) is 4.21 Å². The van der Waals surface area contributed by atoms with Crippen LogP contribution in [0.5, 0.6) is 0 Å². The normalized spacial score (nSPS) is 15.8. The zero-order chi connectivity index (χ0) is 19.9. The summed E-state index contributed by atoms with van der Waals surface area (Å²) in [6.45, 7) is 2.59. The molecule has 9 heteroatoms. The average Bonchev–Trinajstić information content (AvgIpc) is 3.06. The number of H-pyrrole nitrogens is 1. The summed E-state index contributed by atoms with van der Waals surface area (Å²) in [5.41, 5.74) is 0.944. The number of hydrogen-bond acceptors (Lipinski definition) is 5. The SMILES string of the molecule is Cc1[nH]c(=O)sc1S(=O)(=O)N1CCN(C(=O)c2ccc3ccccc3c2)CC1. The second kappa shape index (κ2) is 7.16. The lowest BCUT2D eigenvalue weighted by molar-refractivity contribution is 0.0698. The van der Waals surface area contributed by atoms with Crippen LogP contribution in [-0.4, -0.2) is 54.7 Å². The molecule has 2 aromatic carbocycles. The van der Waals surface area contributed by atoms with Gasteiger partial charge < -0.3 is 9.88 Å². The number of aromatic nitrogens is 1. The highest BCUT2D eigenvalue weighted by molar-refractivity contribution is 7.91. The molecule has 1 aliphatic rings. The quantitative estimate of drug-likeness (QED) is 0.706. The number of aromatic amines is 1. The Kier molecular flexibility index (Phi) is 4.82. The Bertz CT molecular complexity index is 1210. The molecule has 1 saturated heterocycles. The van der Waals surface area contributed by atoms with Crippen LogP contribution in [0.2, 0.25) is 0 Å². The first kappa shape index (κ1) is 18.9. The number of sulfonamides is 1. The van der Waals surface area contributed by atoms with Gasteiger partial charge in [0.2, 0.25) is 0 Å². The standard InChI is InChI=1S/C19H19N3O4S2/c1-13-18(27-19(24)20-13)28(25,26)22-10-8-21(9-11-22)17(23)16-7-6-14-4-2-3-5-15(14)12-16/h2-7,12H,8-11H2,1H3,(H,20,24). The number of aryl methyl sites for hydroxylation is 1. The lowest BCUT2D eigenvalue weighted by Crippen LogP contribution is -2.50. The number of nitrogens with zero attached hydrogens (tertiary/aromatic N) is 2. The molecule has 0 radical (unpaired) electrons. The van der Waals surface area contributed by atoms with Gasteiger partial charge in [-0.2, -0.15) is 4.31 Å². The van der Waals surface area contributed by atoms with E-state index in [9.17, 15) is 18.0 Å². The molecule has 0 unspecified atom stereocenters. The lowest BCUT2D eigenvalue weighted by Gasteiger charge is -2.33. The van der Waals surface area contributed by atoms with Gasteiger partial charge in [-0.1, -0.05) is 41.7 Å². The van der Waals surface area contributed by atoms with Gasteiger partial charge >= 0.3 is 4.87 Å². The van der Waals surface area contributed by atoms with Crippen molar-refractivity contribution in [3.05, 3.63) is 63.4 Å². The minimum absolute atomic E-state index is 0.0480. The third kappa shape index (κ3) is 3.36. The molecular weight excluding hydrogens is 398 g/mol. The third-order valence-electron chi connectivity index (χ3n) is 4.88. The molecule has 1 amide bonds. The van der Waals surface area contributed by atoms with Crippen LogP contribution in [0.3, 0.4) is 0 Å². The van der Waals surface area contributed by atoms with Gasteiger partial charge in [0.1, 0.15) is 0 Å². The number of nitrogens with one attached hydrogen (secondary N) is 1. The van der Waals surface area contributed by atoms with E-state index in [-0.39, 0.29) is 28.1 Å². The zero-order valence-electron chi connectivity index (χ0n) is 15.2. The van der Waals surface area contributed by atoms with Gasteiger partial charge in [-0.15, -0.1) is 0 Å². The van der Waals surface area contributed by atoms with Crippen LogP contribution < -0.4 is 4.87 Å². The van der Waals surface area contributed by atoms with Crippen LogP contribution in [0.25, 0.3) is 10.8 Å². The molecule has 0 atom stereocenters. The van der Waals surface area contributed by atoms with Crippen molar-refractivity contribution in [1.29, 1.82) is 0 Å². The van der Waals surface area contributed by atoms with Crippen molar-refractivity contribution in [2.24, 2.45) is 0 Å². The number of carbonyl (C=O) groups is 1. The fraction of sp³-hybridized carbons (Fsp3) is 0.263. The number of rotatable bonds is 3. The molecule has 7 nitrogen and oxygen atoms in total. The maximum absolute atomic E-state index is 12.8. The van der Waals surface area contributed by atoms with E-state index in [0.29, 0.717) is 35.7 Å². The second-order valence-electron chi connectivity index (χ2n) is 6.69. The molecule has 1 aromatic heterocycles. The topological polar surface area (TPSA) is 90.5 Å². The number of thiazole rings is 1. The van der Waals surface area contributed by atoms with Crippen LogP contribution in [0.4, 0.5) is 0 Å². The number of carbonyl (C=O) groups excluding carboxylic acids is 1. The summed E-state index contributed by atoms with van der Waals surface area (Å²) in [5.74, 6) is -0.106. The Balaban J connectivity index is 1.49. The summed E-state index contributed by atoms with van der Waals surface area (Å²) in [5, 5.41) is 2.06. The molecular formula is C19H19N3O4S2. The van der Waals surface area contributed by atoms with Gasteiger partial charge in [-0.3, -0.25) is 9.59 Å². The number of amides is 1. The van der Waals surface area contributed by atoms with Gasteiger partial charge in [-0.05, 0) is 29.8 Å². The van der Waals surface area contributed by atoms with Crippen LogP contribution in [0.15, 0.2) is 51.5 Å². The van der Waals surface area contributed by atoms with E-state index in [4.69, 9.17) is 0 Å². The number of benzene rings is 2. The van der Waals surface area contributed by atoms with Crippen molar-refractivity contribution in [3.63, 3.8) is 0 Å². The average molecular weight is 418 g/mol. The van der Waals surface area contributed by atoms with Crippen molar-refractivity contribution in [1.82, 2.24) is 14.2 Å². The highest BCUT2D eigenvalue weighted by Crippen LogP contribution is 2.23. The molecule has 2 heterocycles. The molecule has 3 aromatic rings. The van der Waals surface area contributed by atoms with E-state index in [2.05, 4.69) is 4.98 Å². The summed E-state index contributed by atoms with van der Waals surface area (Å²) in [4.78, 5) is 28.1. The fourth-order valence-corrected chi connectivity index (χ4v) is 6.25. The lowest BCUT2D eigenvalue weighted by atomic mass is 10.1. The zero-order valence-corrected chi connectivity index (χ0v) is 16.8. The first-order valence-electron chi connectivity index (χ1n) is 8.84. The number of fused-ring (bicyclic) bond motifs is 1. The largest absolute Gasteiger partial charge is 0.336 e. The van der Waals surface area contributed by atoms with E-state index in [1.54, 1.807) is 17.9 Å². The monoisotopic (exact) mass is 417 g/mol. The molecule has 0 saturated carbocycles. The van der Waals surface area contributed by atoms with Gasteiger partial charge in [0.25, 0.3) is 15.9 Å². The minimum atomic E-state index is -3.73. The Morgan fingerprint density at radius 1 is 1.04 bits per heavy atom. The fourth-order valence-electron chi connectivity index (χ4n) is 3.39. The molecule has 0 bridgehead atoms. The van der Waals surface area contributed by atoms with E-state index in [1.165, 1.54) is 4.31 Å². The predicted octanol–water partition coefficient (Wildman–Crippen LogP) is 2.04. The molecule has 0 aliphatic carbocycles. The molecule has 0 spiro atoms. The van der Waals surface area contributed by atoms with Crippen LogP contribution >= 0.6 is 11.3 Å². The molecule has 1 N–H and O–H groups in total. The number of hydrogen-bond donors (Lipinski definition) is 1. The summed E-state index contributed by atoms with van der Waals surface area (Å²) >= 11 is 0.699. The van der Waals surface area contributed by atoms with Crippen molar-refractivity contribution < 1.29 is 13.2 Å². The smallest absolute Gasteiger partial charge is 0.305 e. The van der Waals surface area contributed by atoms with Crippen molar-refractivity contribution in [3.8, 4) is 0 Å². The predicted molar refractivity (Wildman–Crippen MR) is 108 cm³/mol. The summed E-state index contributed by atoms with van der Waals surface area (Å²) in [6.07, 6.45) is 0. The van der Waals surface area contributed by atoms with Crippen molar-refractivity contribution in [2.45, 2.75) is 11.1 Å². The molecule has 4 rings (SSSR count). The molecule has 1 fully saturated rings. The summed E-state index contributed by atoms with van der Waals surface area (Å²) in [6, 6.07) is 13.4. The molecule has 146 valence electrons. The highest BCUT2D eigenvalue weighted by Gasteiger charge is 2.32. The summed E-state index contributed by atoms with van der Waals surface area (Å²) in [7, 11) is -3.73. The van der Waals surface area contributed by atoms with Crippen LogP contribution in [0.1, 0.15) is 16.1 Å². The van der Waals surface area contributed by atoms with Crippen molar-refractivity contribution >= 4 is 38.0 Å². The summed E-state index contributed by atoms with van der Waals surface area (Å²) < 4.78 is 27.0. The molecule has 28 heavy (non-hydrogen) atoms. The van der Waals surface area contributed by atoms with E-state index >= 15 is 0 Å². The first-order chi connectivity index (χ1) is 13.4. The Labute approximate surface area is 166 Å². The van der Waals surface area contributed by atoms with Gasteiger partial charge in [0, 0.05) is 37.4 Å². The Hall–Kier alpha value is -2.49. The van der Waals surface area contributed by atoms with Gasteiger partial charge in [-0.25, -0.2) is 8.42 Å². The first-order valence-corrected chi connectivity index (χ1v) is 11.1. The Morgan fingerprint density at radius 3 is 2.36 bits per heavy atom. The Morgan fingerprint density at radius 2 is 1.71 bits per heavy atom. The molecule has 1 aliphatic heterocycles. The van der Waals surface area contributed by atoms with Gasteiger partial charge in [0.05, 0.1) is 0 Å².